The number of aliphatic imine (C=N–C) groups is 2. The Morgan fingerprint density at radius 3 is 2.63 bits per heavy atom. The fraction of sp³-hybridized carbons (Fsp3) is 0.345. The summed E-state index contributed by atoms with van der Waals surface area (Å²) in [5.74, 6) is -0.345. The zero-order chi connectivity index (χ0) is 31.0. The molecule has 0 radical (unpaired) electrons. The molecule has 14 heteroatoms. The highest BCUT2D eigenvalue weighted by Gasteiger charge is 2.43. The number of amidine groups is 1. The minimum atomic E-state index is -0.763. The van der Waals surface area contributed by atoms with Crippen LogP contribution in [-0.4, -0.2) is 74.1 Å². The number of pyridine rings is 1. The first kappa shape index (κ1) is 30.2. The third kappa shape index (κ3) is 5.72. The van der Waals surface area contributed by atoms with Crippen LogP contribution in [0.3, 0.4) is 0 Å². The third-order valence-corrected chi connectivity index (χ3v) is 8.50. The lowest BCUT2D eigenvalue weighted by atomic mass is 9.96. The maximum Gasteiger partial charge on any atom is 0.273 e. The maximum atomic E-state index is 14.1. The summed E-state index contributed by atoms with van der Waals surface area (Å²) in [6.45, 7) is 5.74. The van der Waals surface area contributed by atoms with Gasteiger partial charge in [-0.05, 0) is 51.1 Å². The number of aromatic nitrogens is 3. The molecule has 224 valence electrons. The Balaban J connectivity index is 1.49. The van der Waals surface area contributed by atoms with Crippen LogP contribution < -0.4 is 11.1 Å². The first-order chi connectivity index (χ1) is 20.5. The summed E-state index contributed by atoms with van der Waals surface area (Å²) in [6, 6.07) is 6.85. The van der Waals surface area contributed by atoms with Gasteiger partial charge in [0, 0.05) is 30.6 Å². The first-order valence-corrected chi connectivity index (χ1v) is 14.4. The van der Waals surface area contributed by atoms with E-state index in [9.17, 15) is 14.4 Å². The molecule has 12 nitrogen and oxygen atoms in total. The number of likely N-dealkylation sites (N-methyl/N-ethyl adjacent to an activating group) is 1. The van der Waals surface area contributed by atoms with E-state index in [1.165, 1.54) is 17.1 Å². The molecule has 2 aromatic heterocycles. The van der Waals surface area contributed by atoms with Crippen LogP contribution in [0.5, 0.6) is 0 Å². The van der Waals surface area contributed by atoms with Gasteiger partial charge in [-0.3, -0.25) is 19.4 Å². The van der Waals surface area contributed by atoms with Crippen molar-refractivity contribution in [2.45, 2.75) is 51.9 Å². The Hall–Kier alpha value is -4.29. The molecule has 43 heavy (non-hydrogen) atoms. The number of nitrogens with one attached hydrogen (secondary N) is 1. The van der Waals surface area contributed by atoms with Crippen molar-refractivity contribution in [3.63, 3.8) is 0 Å². The van der Waals surface area contributed by atoms with Gasteiger partial charge in [0.1, 0.15) is 17.6 Å². The SMILES string of the molecule is CNC(=O)[C@@H]1CN(C(C)c2ccc(N=C(C)N=CN)cn2)C(=O)c2c3c(nn21)C[C@@H](C)N(C(=O)c1ccc(Cl)c(Cl)c1)C3. The number of nitrogens with zero attached hydrogens (tertiary/aromatic N) is 7. The zero-order valence-electron chi connectivity index (χ0n) is 24.1. The van der Waals surface area contributed by atoms with Crippen LogP contribution in [0.2, 0.25) is 10.0 Å². The van der Waals surface area contributed by atoms with E-state index in [0.717, 1.165) is 0 Å². The van der Waals surface area contributed by atoms with Gasteiger partial charge in [0.15, 0.2) is 0 Å². The van der Waals surface area contributed by atoms with Crippen LogP contribution in [0.4, 0.5) is 5.69 Å². The van der Waals surface area contributed by atoms with E-state index in [4.69, 9.17) is 34.0 Å². The van der Waals surface area contributed by atoms with Crippen LogP contribution in [0, 0.1) is 0 Å². The summed E-state index contributed by atoms with van der Waals surface area (Å²) in [5, 5.41) is 8.07. The number of fused-ring (bicyclic) bond motifs is 3. The Morgan fingerprint density at radius 1 is 1.21 bits per heavy atom. The summed E-state index contributed by atoms with van der Waals surface area (Å²) in [5.41, 5.74) is 8.52. The number of amides is 3. The van der Waals surface area contributed by atoms with Gasteiger partial charge in [0.2, 0.25) is 5.91 Å². The zero-order valence-corrected chi connectivity index (χ0v) is 25.6. The Labute approximate surface area is 258 Å². The van der Waals surface area contributed by atoms with Crippen molar-refractivity contribution in [3.8, 4) is 0 Å². The van der Waals surface area contributed by atoms with Crippen LogP contribution in [0.25, 0.3) is 0 Å². The molecule has 0 aliphatic carbocycles. The van der Waals surface area contributed by atoms with E-state index in [0.29, 0.717) is 45.5 Å². The van der Waals surface area contributed by atoms with Crippen LogP contribution in [0.1, 0.15) is 70.7 Å². The number of carbonyl (C=O) groups excluding carboxylic acids is 3. The van der Waals surface area contributed by atoms with Crippen molar-refractivity contribution in [1.29, 1.82) is 0 Å². The van der Waals surface area contributed by atoms with Crippen LogP contribution in [0.15, 0.2) is 46.5 Å². The van der Waals surface area contributed by atoms with Crippen LogP contribution in [-0.2, 0) is 17.8 Å². The standard InChI is InChI=1S/C29H31Cl2N9O3/c1-15-9-24-20(12-38(15)28(42)18-5-7-21(30)22(31)10-18)26-29(43)39(13-25(27(41)33-4)40(26)37-24)16(2)23-8-6-19(11-34-23)36-17(3)35-14-32/h5-8,10-11,14-16,25H,9,12-13H2,1-4H3,(H,33,41)(H2,32,35,36)/t15-,16?,25+/m1/s1. The summed E-state index contributed by atoms with van der Waals surface area (Å²) in [6.07, 6.45) is 3.18. The number of benzene rings is 1. The molecular formula is C29H31Cl2N9O3. The molecule has 1 aromatic carbocycles. The minimum Gasteiger partial charge on any atom is -0.390 e. The average molecular weight is 625 g/mol. The van der Waals surface area contributed by atoms with Crippen LogP contribution >= 0.6 is 23.2 Å². The third-order valence-electron chi connectivity index (χ3n) is 7.76. The number of carbonyl (C=O) groups is 3. The van der Waals surface area contributed by atoms with Crippen molar-refractivity contribution < 1.29 is 14.4 Å². The predicted octanol–water partition coefficient (Wildman–Crippen LogP) is 3.71. The van der Waals surface area contributed by atoms with Gasteiger partial charge in [-0.1, -0.05) is 23.2 Å². The molecule has 2 aliphatic rings. The number of hydrogen-bond acceptors (Lipinski definition) is 6. The fourth-order valence-corrected chi connectivity index (χ4v) is 5.75. The largest absolute Gasteiger partial charge is 0.390 e. The van der Waals surface area contributed by atoms with Gasteiger partial charge in [-0.15, -0.1) is 0 Å². The quantitative estimate of drug-likeness (QED) is 0.326. The molecule has 3 amide bonds. The molecule has 5 rings (SSSR count). The predicted molar refractivity (Wildman–Crippen MR) is 164 cm³/mol. The van der Waals surface area contributed by atoms with Gasteiger partial charge in [-0.2, -0.15) is 5.10 Å². The highest BCUT2D eigenvalue weighted by atomic mass is 35.5. The van der Waals surface area contributed by atoms with E-state index >= 15 is 0 Å². The normalized spacial score (nSPS) is 19.3. The van der Waals surface area contributed by atoms with E-state index < -0.39 is 12.1 Å². The molecule has 0 saturated carbocycles. The van der Waals surface area contributed by atoms with Crippen molar-refractivity contribution in [3.05, 3.63) is 74.8 Å². The lowest BCUT2D eigenvalue weighted by molar-refractivity contribution is -0.125. The van der Waals surface area contributed by atoms with Gasteiger partial charge < -0.3 is 20.9 Å². The molecular weight excluding hydrogens is 593 g/mol. The van der Waals surface area contributed by atoms with E-state index in [-0.39, 0.29) is 47.6 Å². The molecule has 0 fully saturated rings. The van der Waals surface area contributed by atoms with Gasteiger partial charge >= 0.3 is 0 Å². The average Bonchev–Trinajstić information content (AvgIpc) is 3.36. The lowest BCUT2D eigenvalue weighted by Crippen LogP contribution is -2.49. The smallest absolute Gasteiger partial charge is 0.273 e. The highest BCUT2D eigenvalue weighted by molar-refractivity contribution is 6.42. The second kappa shape index (κ2) is 12.1. The molecule has 0 saturated heterocycles. The second-order valence-corrected chi connectivity index (χ2v) is 11.3. The summed E-state index contributed by atoms with van der Waals surface area (Å²) in [7, 11) is 1.55. The molecule has 3 atom stereocenters. The molecule has 1 unspecified atom stereocenters. The molecule has 0 bridgehead atoms. The Bertz CT molecular complexity index is 1650. The number of halogens is 2. The Kier molecular flexibility index (Phi) is 8.52. The molecule has 4 heterocycles. The summed E-state index contributed by atoms with van der Waals surface area (Å²) < 4.78 is 1.51. The summed E-state index contributed by atoms with van der Waals surface area (Å²) >= 11 is 12.2. The number of hydrogen-bond donors (Lipinski definition) is 2. The fourth-order valence-electron chi connectivity index (χ4n) is 5.45. The van der Waals surface area contributed by atoms with Gasteiger partial charge in [0.25, 0.3) is 11.8 Å². The Morgan fingerprint density at radius 2 is 1.98 bits per heavy atom. The lowest BCUT2D eigenvalue weighted by Gasteiger charge is -2.37. The van der Waals surface area contributed by atoms with E-state index in [1.54, 1.807) is 54.2 Å². The minimum absolute atomic E-state index is 0.0978. The van der Waals surface area contributed by atoms with Crippen molar-refractivity contribution >= 4 is 58.8 Å². The molecule has 0 spiro atoms. The molecule has 3 aromatic rings. The number of rotatable bonds is 5. The van der Waals surface area contributed by atoms with E-state index in [2.05, 4.69) is 20.3 Å². The highest BCUT2D eigenvalue weighted by Crippen LogP contribution is 2.36. The number of nitrogens with two attached hydrogens (primary N) is 1. The van der Waals surface area contributed by atoms with Crippen molar-refractivity contribution in [1.82, 2.24) is 29.9 Å². The topological polar surface area (TPSA) is 151 Å². The first-order valence-electron chi connectivity index (χ1n) is 13.7. The van der Waals surface area contributed by atoms with Gasteiger partial charge in [-0.25, -0.2) is 14.7 Å². The second-order valence-electron chi connectivity index (χ2n) is 10.5. The van der Waals surface area contributed by atoms with E-state index in [1.807, 2.05) is 13.8 Å². The van der Waals surface area contributed by atoms with Crippen molar-refractivity contribution in [2.75, 3.05) is 13.6 Å². The van der Waals surface area contributed by atoms with Gasteiger partial charge in [0.05, 0.1) is 58.8 Å². The molecule has 2 aliphatic heterocycles. The van der Waals surface area contributed by atoms with Crippen molar-refractivity contribution in [2.24, 2.45) is 15.7 Å². The molecule has 3 N–H and O–H groups in total. The summed E-state index contributed by atoms with van der Waals surface area (Å²) in [4.78, 5) is 56.9. The monoisotopic (exact) mass is 623 g/mol. The maximum absolute atomic E-state index is 14.1.